The smallest absolute Gasteiger partial charge is 0.317 e. The number of carbonyl (C=O) groups is 1. The van der Waals surface area contributed by atoms with Gasteiger partial charge in [-0.05, 0) is 37.0 Å². The molecule has 0 radical (unpaired) electrons. The van der Waals surface area contributed by atoms with Gasteiger partial charge in [0.1, 0.15) is 0 Å². The van der Waals surface area contributed by atoms with Crippen LogP contribution in [0, 0.1) is 0 Å². The van der Waals surface area contributed by atoms with E-state index in [1.54, 1.807) is 4.90 Å². The number of fused-ring (bicyclic) bond motifs is 1. The van der Waals surface area contributed by atoms with Crippen molar-refractivity contribution in [1.29, 1.82) is 0 Å². The van der Waals surface area contributed by atoms with Gasteiger partial charge in [0.15, 0.2) is 11.5 Å². The second-order valence-corrected chi connectivity index (χ2v) is 5.39. The highest BCUT2D eigenvalue weighted by Crippen LogP contribution is 2.32. The lowest BCUT2D eigenvalue weighted by atomic mass is 10.1. The number of hydrogen-bond donors (Lipinski definition) is 2. The van der Waals surface area contributed by atoms with Gasteiger partial charge in [-0.3, -0.25) is 0 Å². The highest BCUT2D eigenvalue weighted by molar-refractivity contribution is 5.74. The molecule has 0 unspecified atom stereocenters. The fourth-order valence-corrected chi connectivity index (χ4v) is 2.59. The monoisotopic (exact) mass is 292 g/mol. The summed E-state index contributed by atoms with van der Waals surface area (Å²) in [7, 11) is 0. The predicted molar refractivity (Wildman–Crippen MR) is 76.5 cm³/mol. The van der Waals surface area contributed by atoms with E-state index in [0.717, 1.165) is 23.5 Å². The zero-order chi connectivity index (χ0) is 14.7. The molecule has 21 heavy (non-hydrogen) atoms. The Morgan fingerprint density at radius 3 is 2.86 bits per heavy atom. The van der Waals surface area contributed by atoms with Gasteiger partial charge < -0.3 is 24.8 Å². The van der Waals surface area contributed by atoms with Crippen molar-refractivity contribution in [3.8, 4) is 11.5 Å². The van der Waals surface area contributed by atoms with Crippen LogP contribution >= 0.6 is 0 Å². The molecule has 0 atom stereocenters. The van der Waals surface area contributed by atoms with E-state index in [-0.39, 0.29) is 18.9 Å². The summed E-state index contributed by atoms with van der Waals surface area (Å²) < 4.78 is 10.6. The average molecular weight is 292 g/mol. The zero-order valence-corrected chi connectivity index (χ0v) is 11.9. The largest absolute Gasteiger partial charge is 0.454 e. The van der Waals surface area contributed by atoms with E-state index in [4.69, 9.17) is 9.47 Å². The maximum Gasteiger partial charge on any atom is 0.317 e. The number of aliphatic hydroxyl groups is 1. The summed E-state index contributed by atoms with van der Waals surface area (Å²) in [6.07, 6.45) is 1.81. The molecule has 0 aliphatic carbocycles. The Balaban J connectivity index is 1.44. The Morgan fingerprint density at radius 1 is 1.29 bits per heavy atom. The number of carbonyl (C=O) groups excluding carboxylic acids is 1. The summed E-state index contributed by atoms with van der Waals surface area (Å²) >= 11 is 0. The van der Waals surface area contributed by atoms with Crippen LogP contribution in [0.5, 0.6) is 11.5 Å². The second kappa shape index (κ2) is 6.22. The van der Waals surface area contributed by atoms with Crippen molar-refractivity contribution in [3.63, 3.8) is 0 Å². The number of urea groups is 1. The molecule has 6 nitrogen and oxygen atoms in total. The van der Waals surface area contributed by atoms with Gasteiger partial charge in [0.05, 0.1) is 6.10 Å². The minimum Gasteiger partial charge on any atom is -0.454 e. The summed E-state index contributed by atoms with van der Waals surface area (Å²) in [4.78, 5) is 13.7. The fourth-order valence-electron chi connectivity index (χ4n) is 2.59. The van der Waals surface area contributed by atoms with Crippen molar-refractivity contribution >= 4 is 6.03 Å². The lowest BCUT2D eigenvalue weighted by molar-refractivity contribution is 0.0938. The molecule has 1 aromatic rings. The predicted octanol–water partition coefficient (Wildman–Crippen LogP) is 1.12. The zero-order valence-electron chi connectivity index (χ0n) is 11.9. The van der Waals surface area contributed by atoms with E-state index in [1.807, 2.05) is 18.2 Å². The molecular weight excluding hydrogens is 272 g/mol. The molecule has 114 valence electrons. The van der Waals surface area contributed by atoms with Crippen LogP contribution < -0.4 is 14.8 Å². The number of piperidine rings is 1. The number of ether oxygens (including phenoxy) is 2. The van der Waals surface area contributed by atoms with Crippen LogP contribution in [0.4, 0.5) is 4.79 Å². The number of benzene rings is 1. The van der Waals surface area contributed by atoms with E-state index in [1.165, 1.54) is 0 Å². The second-order valence-electron chi connectivity index (χ2n) is 5.39. The van der Waals surface area contributed by atoms with Gasteiger partial charge in [0, 0.05) is 19.6 Å². The number of aliphatic hydroxyl groups excluding tert-OH is 1. The molecule has 1 aromatic carbocycles. The number of amides is 2. The van der Waals surface area contributed by atoms with Gasteiger partial charge in [0.2, 0.25) is 6.79 Å². The topological polar surface area (TPSA) is 71.0 Å². The lowest BCUT2D eigenvalue weighted by Crippen LogP contribution is -2.45. The SMILES string of the molecule is O=C(NCCc1ccc2c(c1)OCO2)N1CCC(O)CC1. The molecular formula is C15H20N2O4. The van der Waals surface area contributed by atoms with Gasteiger partial charge in [0.25, 0.3) is 0 Å². The van der Waals surface area contributed by atoms with Crippen LogP contribution in [-0.2, 0) is 6.42 Å². The molecule has 0 saturated carbocycles. The van der Waals surface area contributed by atoms with E-state index < -0.39 is 0 Å². The third-order valence-corrected chi connectivity index (χ3v) is 3.88. The van der Waals surface area contributed by atoms with Crippen LogP contribution in [0.15, 0.2) is 18.2 Å². The maximum atomic E-state index is 12.0. The number of rotatable bonds is 3. The molecule has 1 fully saturated rings. The lowest BCUT2D eigenvalue weighted by Gasteiger charge is -2.29. The molecule has 0 spiro atoms. The Bertz CT molecular complexity index is 512. The van der Waals surface area contributed by atoms with Gasteiger partial charge in [-0.2, -0.15) is 0 Å². The minimum absolute atomic E-state index is 0.0531. The molecule has 0 aromatic heterocycles. The van der Waals surface area contributed by atoms with Gasteiger partial charge in [-0.25, -0.2) is 4.79 Å². The van der Waals surface area contributed by atoms with Crippen LogP contribution in [0.25, 0.3) is 0 Å². The third-order valence-electron chi connectivity index (χ3n) is 3.88. The first kappa shape index (κ1) is 14.0. The summed E-state index contributed by atoms with van der Waals surface area (Å²) in [5, 5.41) is 12.3. The number of likely N-dealkylation sites (tertiary alicyclic amines) is 1. The molecule has 1 saturated heterocycles. The summed E-state index contributed by atoms with van der Waals surface area (Å²) in [6, 6.07) is 5.77. The first-order chi connectivity index (χ1) is 10.2. The van der Waals surface area contributed by atoms with Crippen LogP contribution in [0.2, 0.25) is 0 Å². The molecule has 3 rings (SSSR count). The molecule has 2 amide bonds. The quantitative estimate of drug-likeness (QED) is 0.876. The van der Waals surface area contributed by atoms with Crippen LogP contribution in [-0.4, -0.2) is 48.6 Å². The summed E-state index contributed by atoms with van der Waals surface area (Å²) in [5.74, 6) is 1.54. The van der Waals surface area contributed by atoms with E-state index >= 15 is 0 Å². The Kier molecular flexibility index (Phi) is 4.15. The van der Waals surface area contributed by atoms with Gasteiger partial charge in [-0.1, -0.05) is 6.07 Å². The summed E-state index contributed by atoms with van der Waals surface area (Å²) in [5.41, 5.74) is 1.11. The van der Waals surface area contributed by atoms with Crippen molar-refractivity contribution < 1.29 is 19.4 Å². The van der Waals surface area contributed by atoms with Crippen molar-refractivity contribution in [3.05, 3.63) is 23.8 Å². The van der Waals surface area contributed by atoms with E-state index in [0.29, 0.717) is 32.5 Å². The Morgan fingerprint density at radius 2 is 2.05 bits per heavy atom. The molecule has 2 heterocycles. The number of nitrogens with one attached hydrogen (secondary N) is 1. The standard InChI is InChI=1S/C15H20N2O4/c18-12-4-7-17(8-5-12)15(19)16-6-3-11-1-2-13-14(9-11)21-10-20-13/h1-2,9,12,18H,3-8,10H2,(H,16,19). The van der Waals surface area contributed by atoms with Crippen molar-refractivity contribution in [2.75, 3.05) is 26.4 Å². The number of hydrogen-bond acceptors (Lipinski definition) is 4. The molecule has 6 heteroatoms. The molecule has 2 aliphatic heterocycles. The maximum absolute atomic E-state index is 12.0. The average Bonchev–Trinajstić information content (AvgIpc) is 2.95. The Labute approximate surface area is 123 Å². The first-order valence-corrected chi connectivity index (χ1v) is 7.32. The fraction of sp³-hybridized carbons (Fsp3) is 0.533. The van der Waals surface area contributed by atoms with E-state index in [9.17, 15) is 9.90 Å². The van der Waals surface area contributed by atoms with Crippen molar-refractivity contribution in [2.45, 2.75) is 25.4 Å². The van der Waals surface area contributed by atoms with Crippen molar-refractivity contribution in [1.82, 2.24) is 10.2 Å². The van der Waals surface area contributed by atoms with Crippen molar-refractivity contribution in [2.24, 2.45) is 0 Å². The highest BCUT2D eigenvalue weighted by Gasteiger charge is 2.20. The number of nitrogens with zero attached hydrogens (tertiary/aromatic N) is 1. The van der Waals surface area contributed by atoms with Crippen LogP contribution in [0.3, 0.4) is 0 Å². The van der Waals surface area contributed by atoms with Crippen LogP contribution in [0.1, 0.15) is 18.4 Å². The van der Waals surface area contributed by atoms with Gasteiger partial charge >= 0.3 is 6.03 Å². The molecule has 2 aliphatic rings. The van der Waals surface area contributed by atoms with E-state index in [2.05, 4.69) is 5.32 Å². The minimum atomic E-state index is -0.261. The third kappa shape index (κ3) is 3.39. The van der Waals surface area contributed by atoms with Gasteiger partial charge in [-0.15, -0.1) is 0 Å². The molecule has 2 N–H and O–H groups in total. The normalized spacial score (nSPS) is 17.9. The molecule has 0 bridgehead atoms. The first-order valence-electron chi connectivity index (χ1n) is 7.32. The highest BCUT2D eigenvalue weighted by atomic mass is 16.7. The summed E-state index contributed by atoms with van der Waals surface area (Å²) in [6.45, 7) is 2.10. The Hall–Kier alpha value is -1.95.